The molecule has 0 N–H and O–H groups in total. The van der Waals surface area contributed by atoms with Gasteiger partial charge in [-0.2, -0.15) is 0 Å². The number of benzene rings is 1. The van der Waals surface area contributed by atoms with Crippen molar-refractivity contribution in [3.8, 4) is 5.75 Å². The maximum Gasteiger partial charge on any atom is 0.166 e. The van der Waals surface area contributed by atoms with Gasteiger partial charge in [0.1, 0.15) is 5.75 Å². The minimum Gasteiger partial charge on any atom is -0.493 e. The Morgan fingerprint density at radius 1 is 1.20 bits per heavy atom. The van der Waals surface area contributed by atoms with E-state index in [0.29, 0.717) is 13.0 Å². The van der Waals surface area contributed by atoms with E-state index in [1.807, 2.05) is 39.8 Å². The van der Waals surface area contributed by atoms with Crippen LogP contribution in [0, 0.1) is 13.8 Å². The zero-order valence-electron chi connectivity index (χ0n) is 9.89. The van der Waals surface area contributed by atoms with Crippen LogP contribution < -0.4 is 4.74 Å². The number of carbonyl (C=O) groups excluding carboxylic acids is 1. The van der Waals surface area contributed by atoms with Crippen molar-refractivity contribution in [3.05, 3.63) is 28.8 Å². The summed E-state index contributed by atoms with van der Waals surface area (Å²) in [6, 6.07) is 3.97. The molecule has 0 bridgehead atoms. The molecular weight excluding hydrogens is 188 g/mol. The van der Waals surface area contributed by atoms with Gasteiger partial charge in [0, 0.05) is 6.42 Å². The Morgan fingerprint density at radius 3 is 2.33 bits per heavy atom. The summed E-state index contributed by atoms with van der Waals surface area (Å²) >= 11 is 0. The summed E-state index contributed by atoms with van der Waals surface area (Å²) in [6.07, 6.45) is 0.518. The summed E-state index contributed by atoms with van der Waals surface area (Å²) in [6.45, 7) is 8.32. The number of hydrogen-bond donors (Lipinski definition) is 0. The number of aryl methyl sites for hydroxylation is 2. The second kappa shape index (κ2) is 4.96. The molecule has 1 rings (SSSR count). The van der Waals surface area contributed by atoms with E-state index in [2.05, 4.69) is 0 Å². The van der Waals surface area contributed by atoms with E-state index in [9.17, 15) is 4.79 Å². The molecule has 2 nitrogen and oxygen atoms in total. The van der Waals surface area contributed by atoms with Crippen molar-refractivity contribution in [2.45, 2.75) is 34.1 Å². The maximum atomic E-state index is 11.8. The zero-order valence-corrected chi connectivity index (χ0v) is 9.89. The van der Waals surface area contributed by atoms with Gasteiger partial charge in [-0.3, -0.25) is 4.79 Å². The Bertz CT molecular complexity index is 367. The Kier molecular flexibility index (Phi) is 3.89. The smallest absolute Gasteiger partial charge is 0.166 e. The van der Waals surface area contributed by atoms with E-state index in [0.717, 1.165) is 22.4 Å². The van der Waals surface area contributed by atoms with Crippen LogP contribution in [0.25, 0.3) is 0 Å². The first kappa shape index (κ1) is 11.8. The molecule has 0 saturated carbocycles. The molecule has 15 heavy (non-hydrogen) atoms. The van der Waals surface area contributed by atoms with Gasteiger partial charge in [0.05, 0.1) is 12.2 Å². The topological polar surface area (TPSA) is 26.3 Å². The number of Topliss-reactive ketones (excluding diaryl/α,β-unsaturated/α-hetero) is 1. The molecule has 0 aromatic heterocycles. The molecule has 0 fully saturated rings. The largest absolute Gasteiger partial charge is 0.493 e. The van der Waals surface area contributed by atoms with Crippen LogP contribution in [-0.4, -0.2) is 12.4 Å². The van der Waals surface area contributed by atoms with E-state index in [1.165, 1.54) is 0 Å². The first-order valence-electron chi connectivity index (χ1n) is 5.38. The molecule has 2 heteroatoms. The van der Waals surface area contributed by atoms with Crippen molar-refractivity contribution >= 4 is 5.78 Å². The molecule has 0 radical (unpaired) electrons. The van der Waals surface area contributed by atoms with Crippen LogP contribution >= 0.6 is 0 Å². The summed E-state index contributed by atoms with van der Waals surface area (Å²) in [5.74, 6) is 0.906. The summed E-state index contributed by atoms with van der Waals surface area (Å²) < 4.78 is 5.55. The molecule has 0 spiro atoms. The third-order valence-electron chi connectivity index (χ3n) is 2.45. The van der Waals surface area contributed by atoms with Gasteiger partial charge >= 0.3 is 0 Å². The predicted molar refractivity (Wildman–Crippen MR) is 61.7 cm³/mol. The fourth-order valence-electron chi connectivity index (χ4n) is 1.64. The standard InChI is InChI=1S/C13H18O2/c1-5-11(14)12-9(3)7-8-10(4)13(12)15-6-2/h7-8H,5-6H2,1-4H3. The fourth-order valence-corrected chi connectivity index (χ4v) is 1.64. The lowest BCUT2D eigenvalue weighted by Gasteiger charge is -2.14. The van der Waals surface area contributed by atoms with E-state index in [4.69, 9.17) is 4.74 Å². The summed E-state index contributed by atoms with van der Waals surface area (Å²) in [7, 11) is 0. The van der Waals surface area contributed by atoms with Crippen LogP contribution in [0.3, 0.4) is 0 Å². The van der Waals surface area contributed by atoms with Crippen molar-refractivity contribution in [1.29, 1.82) is 0 Å². The SMILES string of the molecule is CCOc1c(C)ccc(C)c1C(=O)CC. The van der Waals surface area contributed by atoms with Crippen molar-refractivity contribution in [1.82, 2.24) is 0 Å². The average molecular weight is 206 g/mol. The molecule has 1 aromatic carbocycles. The monoisotopic (exact) mass is 206 g/mol. The molecule has 0 aliphatic carbocycles. The minimum atomic E-state index is 0.152. The van der Waals surface area contributed by atoms with Crippen LogP contribution in [0.1, 0.15) is 41.8 Å². The second-order valence-corrected chi connectivity index (χ2v) is 3.61. The van der Waals surface area contributed by atoms with Gasteiger partial charge in [0.25, 0.3) is 0 Å². The first-order valence-corrected chi connectivity index (χ1v) is 5.38. The molecule has 1 aromatic rings. The highest BCUT2D eigenvalue weighted by molar-refractivity contribution is 6.00. The number of hydrogen-bond acceptors (Lipinski definition) is 2. The Balaban J connectivity index is 3.31. The van der Waals surface area contributed by atoms with Gasteiger partial charge in [-0.25, -0.2) is 0 Å². The highest BCUT2D eigenvalue weighted by Crippen LogP contribution is 2.27. The van der Waals surface area contributed by atoms with Crippen molar-refractivity contribution in [2.24, 2.45) is 0 Å². The van der Waals surface area contributed by atoms with Crippen LogP contribution in [0.15, 0.2) is 12.1 Å². The molecule has 0 atom stereocenters. The Labute approximate surface area is 91.3 Å². The molecule has 82 valence electrons. The van der Waals surface area contributed by atoms with Crippen LogP contribution in [0.4, 0.5) is 0 Å². The van der Waals surface area contributed by atoms with Gasteiger partial charge in [0.2, 0.25) is 0 Å². The van der Waals surface area contributed by atoms with E-state index in [1.54, 1.807) is 0 Å². The molecule has 0 unspecified atom stereocenters. The Morgan fingerprint density at radius 2 is 1.80 bits per heavy atom. The highest BCUT2D eigenvalue weighted by atomic mass is 16.5. The number of ether oxygens (including phenoxy) is 1. The summed E-state index contributed by atoms with van der Waals surface area (Å²) in [5.41, 5.74) is 2.77. The fraction of sp³-hybridized carbons (Fsp3) is 0.462. The molecule has 0 aliphatic rings. The maximum absolute atomic E-state index is 11.8. The molecular formula is C13H18O2. The number of rotatable bonds is 4. The normalized spacial score (nSPS) is 10.1. The van der Waals surface area contributed by atoms with Crippen LogP contribution in [0.2, 0.25) is 0 Å². The lowest BCUT2D eigenvalue weighted by atomic mass is 9.99. The lowest BCUT2D eigenvalue weighted by Crippen LogP contribution is -2.06. The van der Waals surface area contributed by atoms with Gasteiger partial charge in [-0.15, -0.1) is 0 Å². The summed E-state index contributed by atoms with van der Waals surface area (Å²) in [4.78, 5) is 11.8. The van der Waals surface area contributed by atoms with Crippen molar-refractivity contribution in [3.63, 3.8) is 0 Å². The van der Waals surface area contributed by atoms with Gasteiger partial charge in [-0.05, 0) is 31.9 Å². The highest BCUT2D eigenvalue weighted by Gasteiger charge is 2.15. The third kappa shape index (κ3) is 2.38. The van der Waals surface area contributed by atoms with Gasteiger partial charge < -0.3 is 4.74 Å². The van der Waals surface area contributed by atoms with Crippen molar-refractivity contribution < 1.29 is 9.53 Å². The van der Waals surface area contributed by atoms with Gasteiger partial charge in [-0.1, -0.05) is 19.1 Å². The van der Waals surface area contributed by atoms with E-state index in [-0.39, 0.29) is 5.78 Å². The number of ketones is 1. The zero-order chi connectivity index (χ0) is 11.4. The van der Waals surface area contributed by atoms with Gasteiger partial charge in [0.15, 0.2) is 5.78 Å². The molecule has 0 saturated heterocycles. The quantitative estimate of drug-likeness (QED) is 0.706. The minimum absolute atomic E-state index is 0.152. The Hall–Kier alpha value is -1.31. The predicted octanol–water partition coefficient (Wildman–Crippen LogP) is 3.29. The first-order chi connectivity index (χ1) is 7.11. The third-order valence-corrected chi connectivity index (χ3v) is 2.45. The van der Waals surface area contributed by atoms with Crippen LogP contribution in [0.5, 0.6) is 5.75 Å². The summed E-state index contributed by atoms with van der Waals surface area (Å²) in [5, 5.41) is 0. The average Bonchev–Trinajstić information content (AvgIpc) is 2.23. The second-order valence-electron chi connectivity index (χ2n) is 3.61. The van der Waals surface area contributed by atoms with E-state index < -0.39 is 0 Å². The molecule has 0 heterocycles. The number of carbonyl (C=O) groups is 1. The van der Waals surface area contributed by atoms with E-state index >= 15 is 0 Å². The lowest BCUT2D eigenvalue weighted by molar-refractivity contribution is 0.0983. The molecule has 0 amide bonds. The molecule has 0 aliphatic heterocycles. The van der Waals surface area contributed by atoms with Crippen LogP contribution in [-0.2, 0) is 0 Å². The van der Waals surface area contributed by atoms with Crippen molar-refractivity contribution in [2.75, 3.05) is 6.61 Å².